The molecule has 0 radical (unpaired) electrons. The van der Waals surface area contributed by atoms with Crippen LogP contribution in [-0.2, 0) is 0 Å². The summed E-state index contributed by atoms with van der Waals surface area (Å²) in [5, 5.41) is 0. The van der Waals surface area contributed by atoms with E-state index in [1.54, 1.807) is 4.90 Å². The molecule has 1 aromatic carbocycles. The van der Waals surface area contributed by atoms with E-state index in [-0.39, 0.29) is 12.1 Å². The molecule has 18 heavy (non-hydrogen) atoms. The van der Waals surface area contributed by atoms with Crippen molar-refractivity contribution in [1.82, 2.24) is 4.90 Å². The number of nitrogens with two attached hydrogens (primary N) is 1. The van der Waals surface area contributed by atoms with E-state index in [4.69, 9.17) is 15.2 Å². The van der Waals surface area contributed by atoms with Crippen LogP contribution in [0.15, 0.2) is 24.3 Å². The fourth-order valence-electron chi connectivity index (χ4n) is 2.03. The number of rotatable bonds is 4. The summed E-state index contributed by atoms with van der Waals surface area (Å²) in [5.74, 6) is 1.45. The highest BCUT2D eigenvalue weighted by Crippen LogP contribution is 2.29. The van der Waals surface area contributed by atoms with Crippen LogP contribution in [0.2, 0.25) is 0 Å². The molecule has 1 aliphatic rings. The Bertz CT molecular complexity index is 422. The number of amides is 2. The van der Waals surface area contributed by atoms with Gasteiger partial charge in [0.2, 0.25) is 0 Å². The van der Waals surface area contributed by atoms with Gasteiger partial charge >= 0.3 is 6.03 Å². The van der Waals surface area contributed by atoms with Gasteiger partial charge in [-0.25, -0.2) is 4.79 Å². The molecule has 1 aromatic rings. The van der Waals surface area contributed by atoms with Gasteiger partial charge in [-0.3, -0.25) is 0 Å². The number of likely N-dealkylation sites (tertiary alicyclic amines) is 1. The van der Waals surface area contributed by atoms with Crippen molar-refractivity contribution in [2.24, 2.45) is 5.73 Å². The predicted octanol–water partition coefficient (Wildman–Crippen LogP) is 1.62. The first-order valence-corrected chi connectivity index (χ1v) is 6.13. The minimum atomic E-state index is -0.390. The van der Waals surface area contributed by atoms with Gasteiger partial charge in [-0.15, -0.1) is 0 Å². The van der Waals surface area contributed by atoms with Crippen molar-refractivity contribution in [3.63, 3.8) is 0 Å². The predicted molar refractivity (Wildman–Crippen MR) is 67.8 cm³/mol. The van der Waals surface area contributed by atoms with Crippen LogP contribution in [0.5, 0.6) is 11.5 Å². The maximum Gasteiger partial charge on any atom is 0.314 e. The van der Waals surface area contributed by atoms with Crippen LogP contribution in [0.4, 0.5) is 4.79 Å². The number of hydrogen-bond acceptors (Lipinski definition) is 3. The maximum absolute atomic E-state index is 11.0. The summed E-state index contributed by atoms with van der Waals surface area (Å²) in [4.78, 5) is 12.6. The van der Waals surface area contributed by atoms with Crippen molar-refractivity contribution in [2.45, 2.75) is 19.4 Å². The number of ether oxygens (including phenoxy) is 2. The second-order valence-electron chi connectivity index (χ2n) is 4.19. The molecule has 2 rings (SSSR count). The fourth-order valence-corrected chi connectivity index (χ4v) is 2.03. The lowest BCUT2D eigenvalue weighted by Crippen LogP contribution is -2.35. The van der Waals surface area contributed by atoms with Crippen LogP contribution in [0.25, 0.3) is 0 Å². The molecule has 2 amide bonds. The molecular formula is C13H18N2O3. The van der Waals surface area contributed by atoms with E-state index < -0.39 is 0 Å². The lowest BCUT2D eigenvalue weighted by molar-refractivity contribution is 0.186. The molecule has 0 unspecified atom stereocenters. The van der Waals surface area contributed by atoms with E-state index in [0.29, 0.717) is 19.7 Å². The number of hydrogen-bond donors (Lipinski definition) is 1. The topological polar surface area (TPSA) is 64.8 Å². The monoisotopic (exact) mass is 250 g/mol. The summed E-state index contributed by atoms with van der Waals surface area (Å²) in [7, 11) is 0. The third-order valence-electron chi connectivity index (χ3n) is 2.90. The van der Waals surface area contributed by atoms with Gasteiger partial charge < -0.3 is 20.1 Å². The standard InChI is InChI=1S/C13H18N2O3/c1-2-17-11-5-3-4-6-12(11)18-10-7-8-15(9-10)13(14)16/h3-6,10H,2,7-9H2,1H3,(H2,14,16)/t10-/m1/s1. The second kappa shape index (κ2) is 5.62. The smallest absolute Gasteiger partial charge is 0.314 e. The third kappa shape index (κ3) is 2.85. The van der Waals surface area contributed by atoms with E-state index in [9.17, 15) is 4.79 Å². The third-order valence-corrected chi connectivity index (χ3v) is 2.90. The van der Waals surface area contributed by atoms with Crippen LogP contribution in [0.3, 0.4) is 0 Å². The van der Waals surface area contributed by atoms with Crippen molar-refractivity contribution in [3.05, 3.63) is 24.3 Å². The Labute approximate surface area is 106 Å². The Morgan fingerprint density at radius 2 is 2.17 bits per heavy atom. The molecule has 98 valence electrons. The quantitative estimate of drug-likeness (QED) is 0.883. The van der Waals surface area contributed by atoms with E-state index >= 15 is 0 Å². The Morgan fingerprint density at radius 3 is 2.78 bits per heavy atom. The molecule has 1 saturated heterocycles. The summed E-state index contributed by atoms with van der Waals surface area (Å²) in [6.07, 6.45) is 0.780. The van der Waals surface area contributed by atoms with E-state index in [1.165, 1.54) is 0 Å². The SMILES string of the molecule is CCOc1ccccc1O[C@@H]1CCN(C(N)=O)C1. The van der Waals surface area contributed by atoms with Gasteiger partial charge in [0.15, 0.2) is 11.5 Å². The number of benzene rings is 1. The van der Waals surface area contributed by atoms with E-state index in [0.717, 1.165) is 17.9 Å². The van der Waals surface area contributed by atoms with Crippen LogP contribution < -0.4 is 15.2 Å². The zero-order valence-electron chi connectivity index (χ0n) is 10.5. The van der Waals surface area contributed by atoms with Gasteiger partial charge in [0, 0.05) is 13.0 Å². The molecule has 0 spiro atoms. The summed E-state index contributed by atoms with van der Waals surface area (Å²) in [5.41, 5.74) is 5.24. The first kappa shape index (κ1) is 12.5. The van der Waals surface area contributed by atoms with E-state index in [2.05, 4.69) is 0 Å². The number of primary amides is 1. The Hall–Kier alpha value is -1.91. The molecule has 1 aliphatic heterocycles. The largest absolute Gasteiger partial charge is 0.490 e. The lowest BCUT2D eigenvalue weighted by atomic mass is 10.3. The number of para-hydroxylation sites is 2. The minimum absolute atomic E-state index is 0.0147. The fraction of sp³-hybridized carbons (Fsp3) is 0.462. The molecule has 1 heterocycles. The van der Waals surface area contributed by atoms with Crippen LogP contribution >= 0.6 is 0 Å². The van der Waals surface area contributed by atoms with Crippen molar-refractivity contribution < 1.29 is 14.3 Å². The van der Waals surface area contributed by atoms with Gasteiger partial charge in [-0.1, -0.05) is 12.1 Å². The van der Waals surface area contributed by atoms with Crippen LogP contribution in [0.1, 0.15) is 13.3 Å². The summed E-state index contributed by atoms with van der Waals surface area (Å²) in [6, 6.07) is 7.16. The summed E-state index contributed by atoms with van der Waals surface area (Å²) >= 11 is 0. The number of urea groups is 1. The highest BCUT2D eigenvalue weighted by Gasteiger charge is 2.26. The summed E-state index contributed by atoms with van der Waals surface area (Å²) in [6.45, 7) is 3.71. The number of nitrogens with zero attached hydrogens (tertiary/aromatic N) is 1. The van der Waals surface area contributed by atoms with Crippen molar-refractivity contribution in [1.29, 1.82) is 0 Å². The highest BCUT2D eigenvalue weighted by molar-refractivity contribution is 5.72. The average molecular weight is 250 g/mol. The zero-order valence-corrected chi connectivity index (χ0v) is 10.5. The van der Waals surface area contributed by atoms with Gasteiger partial charge in [-0.2, -0.15) is 0 Å². The van der Waals surface area contributed by atoms with Gasteiger partial charge in [0.05, 0.1) is 13.2 Å². The average Bonchev–Trinajstić information content (AvgIpc) is 2.81. The normalized spacial score (nSPS) is 18.7. The first-order valence-electron chi connectivity index (χ1n) is 6.13. The zero-order chi connectivity index (χ0) is 13.0. The molecule has 1 atom stereocenters. The Morgan fingerprint density at radius 1 is 1.44 bits per heavy atom. The molecular weight excluding hydrogens is 232 g/mol. The van der Waals surface area contributed by atoms with Crippen LogP contribution in [0, 0.1) is 0 Å². The number of carbonyl (C=O) groups is 1. The second-order valence-corrected chi connectivity index (χ2v) is 4.19. The first-order chi connectivity index (χ1) is 8.70. The molecule has 1 fully saturated rings. The highest BCUT2D eigenvalue weighted by atomic mass is 16.5. The van der Waals surface area contributed by atoms with Crippen LogP contribution in [-0.4, -0.2) is 36.7 Å². The lowest BCUT2D eigenvalue weighted by Gasteiger charge is -2.17. The Kier molecular flexibility index (Phi) is 3.92. The van der Waals surface area contributed by atoms with Gasteiger partial charge in [0.25, 0.3) is 0 Å². The van der Waals surface area contributed by atoms with Crippen molar-refractivity contribution >= 4 is 6.03 Å². The molecule has 0 saturated carbocycles. The molecule has 0 aliphatic carbocycles. The summed E-state index contributed by atoms with van der Waals surface area (Å²) < 4.78 is 11.4. The van der Waals surface area contributed by atoms with Crippen molar-refractivity contribution in [3.8, 4) is 11.5 Å². The molecule has 5 nitrogen and oxygen atoms in total. The van der Waals surface area contributed by atoms with Gasteiger partial charge in [-0.05, 0) is 19.1 Å². The van der Waals surface area contributed by atoms with Gasteiger partial charge in [0.1, 0.15) is 6.10 Å². The molecule has 5 heteroatoms. The molecule has 0 bridgehead atoms. The maximum atomic E-state index is 11.0. The Balaban J connectivity index is 2.00. The molecule has 0 aromatic heterocycles. The minimum Gasteiger partial charge on any atom is -0.490 e. The van der Waals surface area contributed by atoms with Crippen molar-refractivity contribution in [2.75, 3.05) is 19.7 Å². The molecule has 2 N–H and O–H groups in total. The number of carbonyl (C=O) groups excluding carboxylic acids is 1. The van der Waals surface area contributed by atoms with E-state index in [1.807, 2.05) is 31.2 Å².